The summed E-state index contributed by atoms with van der Waals surface area (Å²) in [5.41, 5.74) is 0. The van der Waals surface area contributed by atoms with Crippen LogP contribution in [0.1, 0.15) is 6.92 Å². The first-order valence-corrected chi connectivity index (χ1v) is 11.0. The van der Waals surface area contributed by atoms with E-state index in [1.54, 1.807) is 11.8 Å². The monoisotopic (exact) mass is 314 g/mol. The molecule has 0 fully saturated rings. The zero-order valence-corrected chi connectivity index (χ0v) is 14.6. The minimum Gasteiger partial charge on any atom is -0.389 e. The van der Waals surface area contributed by atoms with Crippen molar-refractivity contribution in [2.24, 2.45) is 0 Å². The third-order valence-corrected chi connectivity index (χ3v) is 9.35. The fraction of sp³-hybridized carbons (Fsp3) is 0.222. The molecule has 0 amide bonds. The average molecular weight is 315 g/mol. The molecular formula is C18H22OSSi. The zero-order valence-electron chi connectivity index (χ0n) is 12.8. The molecule has 0 heterocycles. The van der Waals surface area contributed by atoms with Gasteiger partial charge in [0.25, 0.3) is 0 Å². The lowest BCUT2D eigenvalue weighted by Crippen LogP contribution is -2.43. The molecule has 2 rings (SSSR count). The Labute approximate surface area is 132 Å². The Morgan fingerprint density at radius 2 is 1.52 bits per heavy atom. The molecule has 2 aromatic carbocycles. The number of thioether (sulfide) groups is 1. The van der Waals surface area contributed by atoms with Gasteiger partial charge in [0.15, 0.2) is 0 Å². The summed E-state index contributed by atoms with van der Waals surface area (Å²) in [6, 6.07) is 21.0. The highest BCUT2D eigenvalue weighted by molar-refractivity contribution is 8.05. The number of benzene rings is 2. The molecule has 1 unspecified atom stereocenters. The van der Waals surface area contributed by atoms with Gasteiger partial charge >= 0.3 is 0 Å². The molecule has 0 radical (unpaired) electrons. The molecule has 0 aliphatic heterocycles. The van der Waals surface area contributed by atoms with Gasteiger partial charge in [-0.15, -0.1) is 0 Å². The van der Waals surface area contributed by atoms with Crippen molar-refractivity contribution >= 4 is 25.0 Å². The molecule has 1 atom stereocenters. The van der Waals surface area contributed by atoms with Gasteiger partial charge < -0.3 is 5.11 Å². The van der Waals surface area contributed by atoms with E-state index < -0.39 is 14.2 Å². The summed E-state index contributed by atoms with van der Waals surface area (Å²) in [5.74, 6) is 0. The summed E-state index contributed by atoms with van der Waals surface area (Å²) >= 11 is 1.78. The molecule has 2 aromatic rings. The lowest BCUT2D eigenvalue weighted by Gasteiger charge is -2.27. The molecule has 0 saturated carbocycles. The fourth-order valence-corrected chi connectivity index (χ4v) is 6.71. The summed E-state index contributed by atoms with van der Waals surface area (Å²) in [4.78, 5) is 1.22. The van der Waals surface area contributed by atoms with Crippen molar-refractivity contribution in [3.63, 3.8) is 0 Å². The van der Waals surface area contributed by atoms with Crippen molar-refractivity contribution in [2.75, 3.05) is 0 Å². The van der Waals surface area contributed by atoms with E-state index in [0.29, 0.717) is 0 Å². The van der Waals surface area contributed by atoms with Crippen molar-refractivity contribution < 1.29 is 5.11 Å². The summed E-state index contributed by atoms with van der Waals surface area (Å²) in [6.45, 7) is 6.50. The Balaban J connectivity index is 2.36. The molecule has 110 valence electrons. The molecule has 1 nitrogen and oxygen atoms in total. The first-order chi connectivity index (χ1) is 10.00. The summed E-state index contributed by atoms with van der Waals surface area (Å²) < 4.78 is 1.30. The van der Waals surface area contributed by atoms with Gasteiger partial charge in [-0.1, -0.05) is 84.6 Å². The van der Waals surface area contributed by atoms with Crippen LogP contribution in [-0.2, 0) is 0 Å². The Kier molecular flexibility index (Phi) is 5.45. The van der Waals surface area contributed by atoms with Gasteiger partial charge in [-0.05, 0) is 23.6 Å². The van der Waals surface area contributed by atoms with Gasteiger partial charge in [-0.3, -0.25) is 0 Å². The molecule has 0 aromatic heterocycles. The first-order valence-electron chi connectivity index (χ1n) is 7.19. The minimum atomic E-state index is -1.79. The topological polar surface area (TPSA) is 20.2 Å². The van der Waals surface area contributed by atoms with Crippen molar-refractivity contribution in [1.82, 2.24) is 0 Å². The van der Waals surface area contributed by atoms with Crippen LogP contribution >= 0.6 is 11.8 Å². The Morgan fingerprint density at radius 3 is 2.05 bits per heavy atom. The number of rotatable bonds is 5. The predicted octanol–water partition coefficient (Wildman–Crippen LogP) is 4.20. The number of aliphatic hydroxyl groups is 1. The Hall–Kier alpha value is -1.29. The van der Waals surface area contributed by atoms with Crippen LogP contribution < -0.4 is 5.19 Å². The van der Waals surface area contributed by atoms with E-state index in [-0.39, 0.29) is 0 Å². The van der Waals surface area contributed by atoms with E-state index >= 15 is 0 Å². The highest BCUT2D eigenvalue weighted by Crippen LogP contribution is 2.33. The second kappa shape index (κ2) is 7.12. The average Bonchev–Trinajstić information content (AvgIpc) is 2.48. The second-order valence-electron chi connectivity index (χ2n) is 5.68. The lowest BCUT2D eigenvalue weighted by molar-refractivity contribution is 0.244. The summed E-state index contributed by atoms with van der Waals surface area (Å²) in [7, 11) is -1.79. The normalized spacial score (nSPS) is 14.0. The second-order valence-corrected chi connectivity index (χ2v) is 11.5. The van der Waals surface area contributed by atoms with Crippen LogP contribution in [0.15, 0.2) is 76.2 Å². The third kappa shape index (κ3) is 4.33. The molecule has 0 aliphatic carbocycles. The van der Waals surface area contributed by atoms with Crippen LogP contribution in [-0.4, -0.2) is 19.3 Å². The molecule has 0 saturated heterocycles. The molecular weight excluding hydrogens is 292 g/mol. The van der Waals surface area contributed by atoms with Gasteiger partial charge in [0, 0.05) is 4.90 Å². The molecule has 3 heteroatoms. The van der Waals surface area contributed by atoms with E-state index in [0.717, 1.165) is 0 Å². The largest absolute Gasteiger partial charge is 0.389 e. The van der Waals surface area contributed by atoms with Crippen molar-refractivity contribution in [3.8, 4) is 0 Å². The maximum atomic E-state index is 9.84. The Morgan fingerprint density at radius 1 is 1.00 bits per heavy atom. The maximum Gasteiger partial charge on any atom is 0.120 e. The standard InChI is InChI=1S/C18H22OSSi/c1-15(19)14-18(20-16-10-6-4-7-11-16)21(2,3)17-12-8-5-9-13-17/h4-15,19H,1-3H3/b18-14+. The van der Waals surface area contributed by atoms with Crippen LogP contribution in [0.5, 0.6) is 0 Å². The van der Waals surface area contributed by atoms with Gasteiger partial charge in [-0.25, -0.2) is 0 Å². The molecule has 0 aliphatic rings. The van der Waals surface area contributed by atoms with Crippen LogP contribution in [0.3, 0.4) is 0 Å². The quantitative estimate of drug-likeness (QED) is 0.659. The summed E-state index contributed by atoms with van der Waals surface area (Å²) in [6.07, 6.45) is 1.59. The van der Waals surface area contributed by atoms with Crippen molar-refractivity contribution in [2.45, 2.75) is 31.0 Å². The Bertz CT molecular complexity index is 591. The van der Waals surface area contributed by atoms with Gasteiger partial charge in [0.1, 0.15) is 8.07 Å². The van der Waals surface area contributed by atoms with E-state index in [9.17, 15) is 5.11 Å². The summed E-state index contributed by atoms with van der Waals surface area (Å²) in [5, 5.41) is 11.2. The molecule has 0 bridgehead atoms. The van der Waals surface area contributed by atoms with Gasteiger partial charge in [-0.2, -0.15) is 0 Å². The van der Waals surface area contributed by atoms with E-state index in [1.165, 1.54) is 14.6 Å². The highest BCUT2D eigenvalue weighted by Gasteiger charge is 2.29. The van der Waals surface area contributed by atoms with E-state index in [4.69, 9.17) is 0 Å². The van der Waals surface area contributed by atoms with Crippen molar-refractivity contribution in [1.29, 1.82) is 0 Å². The lowest BCUT2D eigenvalue weighted by atomic mass is 10.4. The van der Waals surface area contributed by atoms with Crippen LogP contribution in [0.2, 0.25) is 13.1 Å². The van der Waals surface area contributed by atoms with Crippen LogP contribution in [0, 0.1) is 0 Å². The number of aliphatic hydroxyl groups excluding tert-OH is 1. The highest BCUT2D eigenvalue weighted by atomic mass is 32.2. The van der Waals surface area contributed by atoms with Gasteiger partial charge in [0.2, 0.25) is 0 Å². The molecule has 1 N–H and O–H groups in total. The predicted molar refractivity (Wildman–Crippen MR) is 95.6 cm³/mol. The van der Waals surface area contributed by atoms with Gasteiger partial charge in [0.05, 0.1) is 6.10 Å². The number of hydrogen-bond acceptors (Lipinski definition) is 2. The zero-order chi connectivity index (χ0) is 15.3. The van der Waals surface area contributed by atoms with Crippen LogP contribution in [0.4, 0.5) is 0 Å². The van der Waals surface area contributed by atoms with Crippen LogP contribution in [0.25, 0.3) is 0 Å². The molecule has 21 heavy (non-hydrogen) atoms. The maximum absolute atomic E-state index is 9.84. The number of hydrogen-bond donors (Lipinski definition) is 1. The van der Waals surface area contributed by atoms with Crippen molar-refractivity contribution in [3.05, 3.63) is 71.3 Å². The first kappa shape index (κ1) is 16.1. The molecule has 0 spiro atoms. The minimum absolute atomic E-state index is 0.424. The smallest absolute Gasteiger partial charge is 0.120 e. The van der Waals surface area contributed by atoms with E-state index in [2.05, 4.69) is 67.7 Å². The SMILES string of the molecule is CC(O)/C=C(\Sc1ccccc1)[Si](C)(C)c1ccccc1. The van der Waals surface area contributed by atoms with E-state index in [1.807, 2.05) is 19.1 Å². The fourth-order valence-electron chi connectivity index (χ4n) is 2.20. The third-order valence-electron chi connectivity index (χ3n) is 3.48.